The zero-order valence-corrected chi connectivity index (χ0v) is 12.6. The average molecular weight is 272 g/mol. The smallest absolute Gasteiger partial charge is 0.122 e. The van der Waals surface area contributed by atoms with Crippen LogP contribution in [0.5, 0.6) is 5.75 Å². The van der Waals surface area contributed by atoms with E-state index in [4.69, 9.17) is 4.74 Å². The van der Waals surface area contributed by atoms with Gasteiger partial charge in [0.2, 0.25) is 0 Å². The van der Waals surface area contributed by atoms with Crippen LogP contribution in [-0.4, -0.2) is 17.7 Å². The third-order valence-electron chi connectivity index (χ3n) is 3.90. The molecule has 108 valence electrons. The number of nitriles is 1. The molecule has 0 aliphatic heterocycles. The van der Waals surface area contributed by atoms with E-state index in [-0.39, 0.29) is 6.10 Å². The SMILES string of the molecule is CCc1ccccc1OC1CCC(C#N)(NC(C)C)C1. The minimum absolute atomic E-state index is 0.133. The van der Waals surface area contributed by atoms with Gasteiger partial charge in [-0.1, -0.05) is 25.1 Å². The molecule has 2 rings (SSSR count). The summed E-state index contributed by atoms with van der Waals surface area (Å²) in [6, 6.07) is 11.0. The van der Waals surface area contributed by atoms with Gasteiger partial charge in [0, 0.05) is 12.5 Å². The van der Waals surface area contributed by atoms with E-state index >= 15 is 0 Å². The highest BCUT2D eigenvalue weighted by atomic mass is 16.5. The van der Waals surface area contributed by atoms with Gasteiger partial charge in [0.05, 0.1) is 6.07 Å². The highest BCUT2D eigenvalue weighted by Crippen LogP contribution is 2.33. The second kappa shape index (κ2) is 6.28. The fourth-order valence-electron chi connectivity index (χ4n) is 3.01. The first-order chi connectivity index (χ1) is 9.58. The molecular formula is C17H24N2O. The van der Waals surface area contributed by atoms with Crippen molar-refractivity contribution in [2.75, 3.05) is 0 Å². The molecule has 3 heteroatoms. The van der Waals surface area contributed by atoms with Gasteiger partial charge in [-0.05, 0) is 44.7 Å². The van der Waals surface area contributed by atoms with Crippen molar-refractivity contribution in [3.63, 3.8) is 0 Å². The Labute approximate surface area is 121 Å². The monoisotopic (exact) mass is 272 g/mol. The normalized spacial score (nSPS) is 25.6. The summed E-state index contributed by atoms with van der Waals surface area (Å²) in [5.74, 6) is 0.971. The quantitative estimate of drug-likeness (QED) is 0.893. The minimum Gasteiger partial charge on any atom is -0.490 e. The number of aryl methyl sites for hydroxylation is 1. The maximum absolute atomic E-state index is 9.48. The Morgan fingerprint density at radius 1 is 1.45 bits per heavy atom. The van der Waals surface area contributed by atoms with Crippen molar-refractivity contribution in [1.29, 1.82) is 5.26 Å². The second-order valence-corrected chi connectivity index (χ2v) is 5.94. The van der Waals surface area contributed by atoms with Crippen LogP contribution in [0.1, 0.15) is 45.6 Å². The summed E-state index contributed by atoms with van der Waals surface area (Å²) in [5.41, 5.74) is 0.818. The predicted molar refractivity (Wildman–Crippen MR) is 80.7 cm³/mol. The van der Waals surface area contributed by atoms with Crippen molar-refractivity contribution < 1.29 is 4.74 Å². The molecule has 0 heterocycles. The van der Waals surface area contributed by atoms with Crippen molar-refractivity contribution in [2.45, 2.75) is 64.1 Å². The van der Waals surface area contributed by atoms with Gasteiger partial charge in [-0.2, -0.15) is 5.26 Å². The molecule has 0 saturated heterocycles. The number of benzene rings is 1. The number of nitrogens with one attached hydrogen (secondary N) is 1. The molecule has 2 unspecified atom stereocenters. The topological polar surface area (TPSA) is 45.0 Å². The molecule has 3 nitrogen and oxygen atoms in total. The number of hydrogen-bond acceptors (Lipinski definition) is 3. The van der Waals surface area contributed by atoms with Gasteiger partial charge in [-0.3, -0.25) is 5.32 Å². The van der Waals surface area contributed by atoms with E-state index in [2.05, 4.69) is 38.2 Å². The number of nitrogens with zero attached hydrogens (tertiary/aromatic N) is 1. The van der Waals surface area contributed by atoms with Crippen molar-refractivity contribution in [2.24, 2.45) is 0 Å². The summed E-state index contributed by atoms with van der Waals surface area (Å²) in [5, 5.41) is 12.9. The molecule has 1 aliphatic rings. The lowest BCUT2D eigenvalue weighted by atomic mass is 9.98. The molecule has 0 amide bonds. The zero-order valence-electron chi connectivity index (χ0n) is 12.6. The zero-order chi connectivity index (χ0) is 14.6. The van der Waals surface area contributed by atoms with Crippen LogP contribution in [0.25, 0.3) is 0 Å². The van der Waals surface area contributed by atoms with Crippen molar-refractivity contribution in [1.82, 2.24) is 5.32 Å². The fraction of sp³-hybridized carbons (Fsp3) is 0.588. The molecule has 0 aromatic heterocycles. The van der Waals surface area contributed by atoms with Crippen LogP contribution in [0.2, 0.25) is 0 Å². The highest BCUT2D eigenvalue weighted by Gasteiger charge is 2.40. The first kappa shape index (κ1) is 14.9. The van der Waals surface area contributed by atoms with E-state index in [1.54, 1.807) is 0 Å². The maximum atomic E-state index is 9.48. The molecule has 1 aliphatic carbocycles. The molecule has 0 bridgehead atoms. The van der Waals surface area contributed by atoms with Crippen molar-refractivity contribution in [3.05, 3.63) is 29.8 Å². The van der Waals surface area contributed by atoms with Crippen LogP contribution >= 0.6 is 0 Å². The summed E-state index contributed by atoms with van der Waals surface area (Å²) >= 11 is 0. The number of para-hydroxylation sites is 1. The van der Waals surface area contributed by atoms with Gasteiger partial charge >= 0.3 is 0 Å². The van der Waals surface area contributed by atoms with Crippen LogP contribution in [-0.2, 0) is 6.42 Å². The Balaban J connectivity index is 2.04. The van der Waals surface area contributed by atoms with Crippen LogP contribution in [0.4, 0.5) is 0 Å². The Morgan fingerprint density at radius 2 is 2.20 bits per heavy atom. The van der Waals surface area contributed by atoms with Gasteiger partial charge in [0.1, 0.15) is 17.4 Å². The van der Waals surface area contributed by atoms with Crippen molar-refractivity contribution in [3.8, 4) is 11.8 Å². The Hall–Kier alpha value is -1.53. The molecular weight excluding hydrogens is 248 g/mol. The van der Waals surface area contributed by atoms with Gasteiger partial charge in [0.25, 0.3) is 0 Å². The van der Waals surface area contributed by atoms with Crippen LogP contribution in [0, 0.1) is 11.3 Å². The van der Waals surface area contributed by atoms with Gasteiger partial charge in [-0.15, -0.1) is 0 Å². The molecule has 0 spiro atoms. The lowest BCUT2D eigenvalue weighted by Gasteiger charge is -2.25. The standard InChI is InChI=1S/C17H24N2O/c1-4-14-7-5-6-8-16(14)20-15-9-10-17(11-15,12-18)19-13(2)3/h5-8,13,15,19H,4,9-11H2,1-3H3. The third kappa shape index (κ3) is 3.32. The lowest BCUT2D eigenvalue weighted by molar-refractivity contribution is 0.197. The maximum Gasteiger partial charge on any atom is 0.122 e. The van der Waals surface area contributed by atoms with E-state index < -0.39 is 5.54 Å². The van der Waals surface area contributed by atoms with Gasteiger partial charge in [-0.25, -0.2) is 0 Å². The minimum atomic E-state index is -0.417. The summed E-state index contributed by atoms with van der Waals surface area (Å²) in [7, 11) is 0. The molecule has 1 saturated carbocycles. The average Bonchev–Trinajstić information content (AvgIpc) is 2.82. The molecule has 20 heavy (non-hydrogen) atoms. The number of rotatable bonds is 5. The molecule has 0 radical (unpaired) electrons. The van der Waals surface area contributed by atoms with Gasteiger partial charge < -0.3 is 4.74 Å². The fourth-order valence-corrected chi connectivity index (χ4v) is 3.01. The van der Waals surface area contributed by atoms with Crippen LogP contribution < -0.4 is 10.1 Å². The van der Waals surface area contributed by atoms with Crippen LogP contribution in [0.3, 0.4) is 0 Å². The van der Waals surface area contributed by atoms with E-state index in [9.17, 15) is 5.26 Å². The summed E-state index contributed by atoms with van der Waals surface area (Å²) in [6.07, 6.45) is 3.66. The summed E-state index contributed by atoms with van der Waals surface area (Å²) in [6.45, 7) is 6.30. The van der Waals surface area contributed by atoms with Crippen molar-refractivity contribution >= 4 is 0 Å². The van der Waals surface area contributed by atoms with E-state index in [1.165, 1.54) is 5.56 Å². The molecule has 2 atom stereocenters. The van der Waals surface area contributed by atoms with E-state index in [0.717, 1.165) is 31.4 Å². The molecule has 1 N–H and O–H groups in total. The molecule has 1 aromatic rings. The van der Waals surface area contributed by atoms with E-state index in [1.807, 2.05) is 18.2 Å². The Kier molecular flexibility index (Phi) is 4.67. The second-order valence-electron chi connectivity index (χ2n) is 5.94. The van der Waals surface area contributed by atoms with Gasteiger partial charge in [0.15, 0.2) is 0 Å². The predicted octanol–water partition coefficient (Wildman–Crippen LogP) is 3.44. The first-order valence-electron chi connectivity index (χ1n) is 7.52. The summed E-state index contributed by atoms with van der Waals surface area (Å²) in [4.78, 5) is 0. The Bertz CT molecular complexity index is 492. The number of ether oxygens (including phenoxy) is 1. The summed E-state index contributed by atoms with van der Waals surface area (Å²) < 4.78 is 6.14. The Morgan fingerprint density at radius 3 is 2.85 bits per heavy atom. The highest BCUT2D eigenvalue weighted by molar-refractivity contribution is 5.33. The molecule has 1 fully saturated rings. The van der Waals surface area contributed by atoms with E-state index in [0.29, 0.717) is 6.04 Å². The van der Waals surface area contributed by atoms with Crippen LogP contribution in [0.15, 0.2) is 24.3 Å². The first-order valence-corrected chi connectivity index (χ1v) is 7.52. The molecule has 1 aromatic carbocycles. The largest absolute Gasteiger partial charge is 0.490 e. The third-order valence-corrected chi connectivity index (χ3v) is 3.90. The lowest BCUT2D eigenvalue weighted by Crippen LogP contribution is -2.46. The number of hydrogen-bond donors (Lipinski definition) is 1.